The molecule has 47 heteroatoms. The predicted molar refractivity (Wildman–Crippen MR) is 506 cm³/mol. The third-order valence-electron chi connectivity index (χ3n) is 39.7. The van der Waals surface area contributed by atoms with E-state index in [-0.39, 0.29) is 76.3 Å². The second kappa shape index (κ2) is 49.4. The lowest BCUT2D eigenvalue weighted by atomic mass is 9.44. The first-order valence-corrected chi connectivity index (χ1v) is 54.6. The molecule has 35 unspecified atom stereocenters. The van der Waals surface area contributed by atoms with Crippen molar-refractivity contribution in [2.24, 2.45) is 104 Å². The Bertz CT molecular complexity index is 3960. The van der Waals surface area contributed by atoms with Gasteiger partial charge in [-0.25, -0.2) is 0 Å². The summed E-state index contributed by atoms with van der Waals surface area (Å²) >= 11 is 0. The minimum absolute atomic E-state index is 0.00287. The van der Waals surface area contributed by atoms with Gasteiger partial charge in [0.25, 0.3) is 0 Å². The second-order valence-electron chi connectivity index (χ2n) is 47.9. The lowest BCUT2D eigenvalue weighted by Gasteiger charge is -2.61. The van der Waals surface area contributed by atoms with Crippen molar-refractivity contribution in [3.05, 3.63) is 0 Å². The Balaban J connectivity index is 0.588. The van der Waals surface area contributed by atoms with Crippen LogP contribution in [0.4, 0.5) is 0 Å². The first-order valence-electron chi connectivity index (χ1n) is 54.6. The summed E-state index contributed by atoms with van der Waals surface area (Å²) in [4.78, 5) is 30.2. The molecule has 16 aliphatic rings. The molecule has 16 rings (SSSR count). The van der Waals surface area contributed by atoms with Crippen molar-refractivity contribution in [2.75, 3.05) is 79.2 Å². The molecule has 16 fully saturated rings. The van der Waals surface area contributed by atoms with E-state index in [2.05, 4.69) is 52.2 Å². The second-order valence-corrected chi connectivity index (χ2v) is 47.9. The molecule has 0 aromatic rings. The van der Waals surface area contributed by atoms with Crippen molar-refractivity contribution < 1.29 is 223 Å². The maximum atomic E-state index is 15.1. The van der Waals surface area contributed by atoms with E-state index in [0.29, 0.717) is 67.1 Å². The van der Waals surface area contributed by atoms with Gasteiger partial charge in [0.1, 0.15) is 183 Å². The monoisotopic (exact) mass is 2150 g/mol. The summed E-state index contributed by atoms with van der Waals surface area (Å²) in [5.41, 5.74) is -2.06. The first-order chi connectivity index (χ1) is 70.8. The molecule has 8 saturated heterocycles. The van der Waals surface area contributed by atoms with E-state index in [4.69, 9.17) is 75.8 Å². The number of aliphatic hydroxyl groups excluding tert-OH is 27. The molecule has 2 amide bonds. The molecule has 59 atom stereocenters. The lowest BCUT2D eigenvalue weighted by Crippen LogP contribution is -2.65. The average molecular weight is 2150 g/mol. The van der Waals surface area contributed by atoms with Gasteiger partial charge in [0.2, 0.25) is 11.8 Å². The fraction of sp³-hybridized carbons (Fsp3) is 0.980. The zero-order valence-corrected chi connectivity index (χ0v) is 86.1. The van der Waals surface area contributed by atoms with Gasteiger partial charge in [-0.15, -0.1) is 0 Å². The molecule has 0 aromatic carbocycles. The van der Waals surface area contributed by atoms with Crippen molar-refractivity contribution in [3.63, 3.8) is 0 Å². The van der Waals surface area contributed by atoms with Gasteiger partial charge in [0.05, 0.1) is 89.8 Å². The van der Waals surface area contributed by atoms with Crippen LogP contribution in [-0.2, 0) is 85.4 Å². The molecule has 8 heterocycles. The quantitative estimate of drug-likeness (QED) is 0.0255. The summed E-state index contributed by atoms with van der Waals surface area (Å²) in [6.45, 7) is 7.04. The highest BCUT2D eigenvalue weighted by Crippen LogP contribution is 2.71. The SMILES string of the molecule is CC(CCC(=O)NCC(CNC(=O)CCC(C)C1CCC2C3CCC4CC(O[C@H]5OC(CO)[C@H](O[C@@H]6OC(CO)[C@H](O)C(O)[C@H]6O)C(O)[C@H]5O)CCC4(C)C3CCC12C)(CO[C@@H]1OC(CO)[C@@H](O[C@H]2OC(CO)[C@@H](O)[C@H](O)C2O)[C@H](O)C1O)CO[C@H]1OC(CO)[C@H](O[C@@H]2OC(CO)[C@H](O)C(O)[C@H]2O)C(O)[C@H]1O)C1CCC2C3CCC4CC(O[C@@H]5OC(CO)[C@@H](O[C@H]6OC(CO)[C@@H](O)[C@H](O)C6O)[C@H](O)C5C)CCC4(C)C3CCC12C. The molecule has 0 bridgehead atoms. The molecule has 29 N–H and O–H groups in total. The van der Waals surface area contributed by atoms with Crippen molar-refractivity contribution in [2.45, 2.75) is 441 Å². The third kappa shape index (κ3) is 23.6. The highest BCUT2D eigenvalue weighted by atomic mass is 16.8. The fourth-order valence-corrected chi connectivity index (χ4v) is 30.6. The summed E-state index contributed by atoms with van der Waals surface area (Å²) < 4.78 is 96.7. The molecular formula is C102H172N2O45. The maximum Gasteiger partial charge on any atom is 0.220 e. The van der Waals surface area contributed by atoms with Gasteiger partial charge >= 0.3 is 0 Å². The van der Waals surface area contributed by atoms with E-state index >= 15 is 9.59 Å². The normalized spacial score (nSPS) is 51.4. The lowest BCUT2D eigenvalue weighted by molar-refractivity contribution is -0.364. The van der Waals surface area contributed by atoms with Crippen LogP contribution in [0.3, 0.4) is 0 Å². The van der Waals surface area contributed by atoms with Crippen LogP contribution in [0, 0.1) is 104 Å². The van der Waals surface area contributed by atoms with E-state index < -0.39 is 342 Å². The van der Waals surface area contributed by atoms with Crippen LogP contribution in [0.5, 0.6) is 0 Å². The summed E-state index contributed by atoms with van der Waals surface area (Å²) in [6, 6.07) is 0. The number of nitrogens with one attached hydrogen (secondary N) is 2. The van der Waals surface area contributed by atoms with Crippen LogP contribution in [0.1, 0.15) is 190 Å². The highest BCUT2D eigenvalue weighted by molar-refractivity contribution is 5.76. The number of aliphatic hydroxyl groups is 27. The van der Waals surface area contributed by atoms with E-state index in [0.717, 1.165) is 103 Å². The molecule has 8 aliphatic carbocycles. The number of fused-ring (bicyclic) bond motifs is 10. The Kier molecular flexibility index (Phi) is 39.4. The Hall–Kier alpha value is -2.78. The number of carbonyl (C=O) groups is 2. The van der Waals surface area contributed by atoms with Crippen LogP contribution < -0.4 is 10.6 Å². The summed E-state index contributed by atoms with van der Waals surface area (Å²) in [7, 11) is 0. The Labute approximate surface area is 866 Å². The third-order valence-corrected chi connectivity index (χ3v) is 39.7. The highest BCUT2D eigenvalue weighted by Gasteiger charge is 2.66. The van der Waals surface area contributed by atoms with Crippen LogP contribution in [0.25, 0.3) is 0 Å². The topological polar surface area (TPSA) is 752 Å². The number of carbonyl (C=O) groups excluding carboxylic acids is 2. The van der Waals surface area contributed by atoms with E-state index in [1.807, 2.05) is 0 Å². The molecule has 8 saturated carbocycles. The minimum Gasteiger partial charge on any atom is -0.394 e. The van der Waals surface area contributed by atoms with Crippen molar-refractivity contribution in [1.29, 1.82) is 0 Å². The molecule has 8 aliphatic heterocycles. The van der Waals surface area contributed by atoms with Gasteiger partial charge in [0.15, 0.2) is 50.3 Å². The maximum absolute atomic E-state index is 15.1. The van der Waals surface area contributed by atoms with Gasteiger partial charge in [-0.05, 0) is 221 Å². The zero-order valence-electron chi connectivity index (χ0n) is 86.1. The predicted octanol–water partition coefficient (Wildman–Crippen LogP) is -7.07. The Morgan fingerprint density at radius 3 is 0.899 bits per heavy atom. The van der Waals surface area contributed by atoms with Crippen molar-refractivity contribution in [1.82, 2.24) is 10.6 Å². The first kappa shape index (κ1) is 119. The Morgan fingerprint density at radius 1 is 0.302 bits per heavy atom. The number of hydrogen-bond donors (Lipinski definition) is 29. The van der Waals surface area contributed by atoms with E-state index in [9.17, 15) is 138 Å². The summed E-state index contributed by atoms with van der Waals surface area (Å²) in [5, 5.41) is 299. The number of rotatable bonds is 38. The molecule has 0 spiro atoms. The van der Waals surface area contributed by atoms with E-state index in [1.165, 1.54) is 0 Å². The van der Waals surface area contributed by atoms with Gasteiger partial charge in [-0.1, -0.05) is 48.5 Å². The molecule has 47 nitrogen and oxygen atoms in total. The zero-order chi connectivity index (χ0) is 108. The molecule has 0 radical (unpaired) electrons. The van der Waals surface area contributed by atoms with Gasteiger partial charge < -0.3 is 224 Å². The summed E-state index contributed by atoms with van der Waals surface area (Å²) in [5.74, 6) is 1.81. The summed E-state index contributed by atoms with van der Waals surface area (Å²) in [6.07, 6.45) is -49.5. The van der Waals surface area contributed by atoms with Crippen LogP contribution in [0.2, 0.25) is 0 Å². The van der Waals surface area contributed by atoms with E-state index in [1.54, 1.807) is 6.92 Å². The number of amides is 2. The van der Waals surface area contributed by atoms with Gasteiger partial charge in [-0.3, -0.25) is 9.59 Å². The average Bonchev–Trinajstić information content (AvgIpc) is 1.65. The van der Waals surface area contributed by atoms with Gasteiger partial charge in [-0.2, -0.15) is 0 Å². The molecular weight excluding hydrogens is 1970 g/mol. The smallest absolute Gasteiger partial charge is 0.220 e. The van der Waals surface area contributed by atoms with Crippen molar-refractivity contribution >= 4 is 11.8 Å². The molecule has 860 valence electrons. The Morgan fingerprint density at radius 2 is 0.570 bits per heavy atom. The van der Waals surface area contributed by atoms with Gasteiger partial charge in [0, 0.05) is 31.8 Å². The van der Waals surface area contributed by atoms with Crippen LogP contribution in [0.15, 0.2) is 0 Å². The van der Waals surface area contributed by atoms with Crippen LogP contribution in [-0.4, -0.2) is 481 Å². The van der Waals surface area contributed by atoms with Crippen molar-refractivity contribution in [3.8, 4) is 0 Å². The number of hydrogen-bond acceptors (Lipinski definition) is 45. The largest absolute Gasteiger partial charge is 0.394 e. The number of ether oxygens (including phenoxy) is 16. The minimum atomic E-state index is -2.11. The molecule has 149 heavy (non-hydrogen) atoms. The fourth-order valence-electron chi connectivity index (χ4n) is 30.6. The van der Waals surface area contributed by atoms with Crippen LogP contribution >= 0.6 is 0 Å². The standard InChI is InChI=1S/C102H172N2O45/c1-42(51-14-16-53-49-12-10-45-28-47(20-24-98(45,4)55(49)22-26-100(51,53)6)136-90-44(3)67(115)86(61(34-109)142-90)146-94-79(127)72(120)68(116)57(30-105)138-94)8-18-65(113)103-38-102(40-134-91-83(131)76(124)87(62(35-110)143-91)147-95-80(128)73(121)69(117)58(31-106)139-95,41-135-92-84(132)77(125)88(63(36-111)144-92)148-96-81(129)74(122)70(118)59(32-107)140-96)39-104-66(114)19-9-43(2)52-15-17-54-50-13-11-46-29-48(21-25-99(46,5)56(50)23-27-101(52,54)7)137-93-85(133)78(126)89(64(37-112)145-93)149-97-82(130)75(123)71(119)60(33-108)141-97/h42-64,67-97,105-112,115-133H,8-41H2,1-7H3,(H,103,113)(H,104,114)/t42?,43?,44?,45?,46?,47?,48?,49?,50?,51?,52?,53?,54?,55?,56?,57?,58?,59?,60?,61?,62?,63?,64?,67-,68-,69-,70+,71+,72+,73+,74?,75?,76-,77?,78?,79?,80?,81-,82-,83?,84-,85-,86-,87-,88+,89+,90-,91-,92+,93+,94-,95-,96+,97+,98?,99?,100?,101?,102?/m1/s1. The molecule has 0 aromatic heterocycles.